The molecule has 2 heteroatoms. The summed E-state index contributed by atoms with van der Waals surface area (Å²) in [6.07, 6.45) is 6.57. The fraction of sp³-hybridized carbons (Fsp3) is 0.625. The summed E-state index contributed by atoms with van der Waals surface area (Å²) < 4.78 is 1.21. The van der Waals surface area contributed by atoms with Gasteiger partial charge in [-0.3, -0.25) is 0 Å². The maximum absolute atomic E-state index is 3.93. The van der Waals surface area contributed by atoms with Crippen LogP contribution in [0, 0.1) is 5.41 Å². The molecule has 0 heterocycles. The average Bonchev–Trinajstić information content (AvgIpc) is 2.84. The van der Waals surface area contributed by atoms with Gasteiger partial charge in [0.2, 0.25) is 0 Å². The lowest BCUT2D eigenvalue weighted by molar-refractivity contribution is 0.261. The Balaban J connectivity index is 1.77. The van der Waals surface area contributed by atoms with Crippen molar-refractivity contribution < 1.29 is 0 Å². The van der Waals surface area contributed by atoms with Crippen molar-refractivity contribution in [1.29, 1.82) is 0 Å². The van der Waals surface area contributed by atoms with Crippen LogP contribution in [0.3, 0.4) is 0 Å². The number of aryl methyl sites for hydroxylation is 1. The van der Waals surface area contributed by atoms with Crippen molar-refractivity contribution in [3.05, 3.63) is 33.8 Å². The molecular formula is C16H22BrN. The van der Waals surface area contributed by atoms with E-state index >= 15 is 0 Å². The zero-order valence-corrected chi connectivity index (χ0v) is 12.9. The smallest absolute Gasteiger partial charge is 0.0328 e. The van der Waals surface area contributed by atoms with Crippen LogP contribution in [-0.2, 0) is 6.42 Å². The van der Waals surface area contributed by atoms with Crippen LogP contribution in [0.15, 0.2) is 22.7 Å². The molecule has 18 heavy (non-hydrogen) atoms. The first kappa shape index (κ1) is 12.7. The normalized spacial score (nSPS) is 29.5. The van der Waals surface area contributed by atoms with Gasteiger partial charge >= 0.3 is 0 Å². The van der Waals surface area contributed by atoms with Gasteiger partial charge in [0.25, 0.3) is 0 Å². The molecule has 2 atom stereocenters. The van der Waals surface area contributed by atoms with E-state index in [1.54, 1.807) is 0 Å². The van der Waals surface area contributed by atoms with E-state index in [-0.39, 0.29) is 0 Å². The molecule has 0 aliphatic heterocycles. The third-order valence-electron chi connectivity index (χ3n) is 4.84. The molecule has 0 radical (unpaired) electrons. The number of hydrogen-bond acceptors (Lipinski definition) is 1. The third-order valence-corrected chi connectivity index (χ3v) is 5.34. The van der Waals surface area contributed by atoms with E-state index < -0.39 is 0 Å². The SMILES string of the molecule is CC1(C)CCCC1NC1CCc2cc(Br)ccc21. The quantitative estimate of drug-likeness (QED) is 0.841. The first-order valence-corrected chi connectivity index (χ1v) is 7.90. The Hall–Kier alpha value is -0.340. The topological polar surface area (TPSA) is 12.0 Å². The van der Waals surface area contributed by atoms with Crippen LogP contribution in [0.25, 0.3) is 0 Å². The van der Waals surface area contributed by atoms with Gasteiger partial charge in [-0.2, -0.15) is 0 Å². The van der Waals surface area contributed by atoms with Gasteiger partial charge in [-0.1, -0.05) is 42.3 Å². The minimum Gasteiger partial charge on any atom is -0.307 e. The molecule has 1 N–H and O–H groups in total. The Bertz CT molecular complexity index is 452. The second-order valence-electron chi connectivity index (χ2n) is 6.53. The highest BCUT2D eigenvalue weighted by Crippen LogP contribution is 2.40. The van der Waals surface area contributed by atoms with Gasteiger partial charge in [0, 0.05) is 16.6 Å². The largest absolute Gasteiger partial charge is 0.307 e. The van der Waals surface area contributed by atoms with Gasteiger partial charge in [-0.25, -0.2) is 0 Å². The van der Waals surface area contributed by atoms with Crippen LogP contribution in [0.4, 0.5) is 0 Å². The summed E-state index contributed by atoms with van der Waals surface area (Å²) in [5.41, 5.74) is 3.52. The highest BCUT2D eigenvalue weighted by atomic mass is 79.9. The van der Waals surface area contributed by atoms with Crippen LogP contribution in [-0.4, -0.2) is 6.04 Å². The maximum Gasteiger partial charge on any atom is 0.0328 e. The van der Waals surface area contributed by atoms with E-state index in [0.29, 0.717) is 17.5 Å². The predicted octanol–water partition coefficient (Wildman–Crippen LogP) is 4.60. The molecule has 3 rings (SSSR count). The number of nitrogens with one attached hydrogen (secondary N) is 1. The van der Waals surface area contributed by atoms with Crippen LogP contribution < -0.4 is 5.32 Å². The van der Waals surface area contributed by atoms with Crippen LogP contribution >= 0.6 is 15.9 Å². The Morgan fingerprint density at radius 2 is 2.11 bits per heavy atom. The molecule has 0 spiro atoms. The van der Waals surface area contributed by atoms with E-state index in [1.807, 2.05) is 0 Å². The zero-order valence-electron chi connectivity index (χ0n) is 11.3. The van der Waals surface area contributed by atoms with Crippen molar-refractivity contribution in [2.24, 2.45) is 5.41 Å². The molecular weight excluding hydrogens is 286 g/mol. The summed E-state index contributed by atoms with van der Waals surface area (Å²) in [6.45, 7) is 4.82. The number of halogens is 1. The lowest BCUT2D eigenvalue weighted by Crippen LogP contribution is -2.39. The summed E-state index contributed by atoms with van der Waals surface area (Å²) in [5, 5.41) is 3.93. The van der Waals surface area contributed by atoms with E-state index in [0.717, 1.165) is 0 Å². The van der Waals surface area contributed by atoms with E-state index in [2.05, 4.69) is 53.3 Å². The lowest BCUT2D eigenvalue weighted by Gasteiger charge is -2.31. The molecule has 2 unspecified atom stereocenters. The van der Waals surface area contributed by atoms with Crippen molar-refractivity contribution in [1.82, 2.24) is 5.32 Å². The summed E-state index contributed by atoms with van der Waals surface area (Å²) in [4.78, 5) is 0. The predicted molar refractivity (Wildman–Crippen MR) is 79.8 cm³/mol. The molecule has 0 bridgehead atoms. The minimum absolute atomic E-state index is 0.470. The van der Waals surface area contributed by atoms with Crippen molar-refractivity contribution >= 4 is 15.9 Å². The molecule has 1 aromatic carbocycles. The van der Waals surface area contributed by atoms with Gasteiger partial charge in [0.05, 0.1) is 0 Å². The van der Waals surface area contributed by atoms with Gasteiger partial charge in [0.15, 0.2) is 0 Å². The molecule has 1 fully saturated rings. The fourth-order valence-corrected chi connectivity index (χ4v) is 4.05. The molecule has 2 aliphatic carbocycles. The van der Waals surface area contributed by atoms with Crippen LogP contribution in [0.5, 0.6) is 0 Å². The molecule has 1 aromatic rings. The highest BCUT2D eigenvalue weighted by Gasteiger charge is 2.36. The number of fused-ring (bicyclic) bond motifs is 1. The zero-order chi connectivity index (χ0) is 12.8. The first-order valence-electron chi connectivity index (χ1n) is 7.11. The van der Waals surface area contributed by atoms with Crippen molar-refractivity contribution in [3.63, 3.8) is 0 Å². The second kappa shape index (κ2) is 4.64. The standard InChI is InChI=1S/C16H22BrN/c1-16(2)9-3-4-15(16)18-14-8-5-11-10-12(17)6-7-13(11)14/h6-7,10,14-15,18H,3-5,8-9H2,1-2H3. The molecule has 2 aliphatic rings. The number of hydrogen-bond donors (Lipinski definition) is 1. The first-order chi connectivity index (χ1) is 8.56. The summed E-state index contributed by atoms with van der Waals surface area (Å²) in [5.74, 6) is 0. The molecule has 0 aromatic heterocycles. The van der Waals surface area contributed by atoms with Gasteiger partial charge < -0.3 is 5.32 Å². The average molecular weight is 308 g/mol. The van der Waals surface area contributed by atoms with Crippen molar-refractivity contribution in [2.45, 2.75) is 58.0 Å². The summed E-state index contributed by atoms with van der Waals surface area (Å²) in [6, 6.07) is 8.04. The molecule has 0 saturated heterocycles. The molecule has 1 nitrogen and oxygen atoms in total. The Kier molecular flexibility index (Phi) is 3.27. The monoisotopic (exact) mass is 307 g/mol. The van der Waals surface area contributed by atoms with Gasteiger partial charge in [-0.15, -0.1) is 0 Å². The van der Waals surface area contributed by atoms with Gasteiger partial charge in [-0.05, 0) is 54.4 Å². The fourth-order valence-electron chi connectivity index (χ4n) is 3.64. The van der Waals surface area contributed by atoms with Crippen molar-refractivity contribution in [3.8, 4) is 0 Å². The molecule has 0 amide bonds. The Morgan fingerprint density at radius 3 is 2.83 bits per heavy atom. The van der Waals surface area contributed by atoms with Gasteiger partial charge in [0.1, 0.15) is 0 Å². The highest BCUT2D eigenvalue weighted by molar-refractivity contribution is 9.10. The number of rotatable bonds is 2. The van der Waals surface area contributed by atoms with Crippen LogP contribution in [0.1, 0.15) is 56.7 Å². The van der Waals surface area contributed by atoms with E-state index in [9.17, 15) is 0 Å². The lowest BCUT2D eigenvalue weighted by atomic mass is 9.86. The molecule has 1 saturated carbocycles. The minimum atomic E-state index is 0.470. The Labute approximate surface area is 118 Å². The van der Waals surface area contributed by atoms with E-state index in [4.69, 9.17) is 0 Å². The maximum atomic E-state index is 3.93. The second-order valence-corrected chi connectivity index (χ2v) is 7.45. The molecule has 98 valence electrons. The summed E-state index contributed by atoms with van der Waals surface area (Å²) in [7, 11) is 0. The number of benzene rings is 1. The van der Waals surface area contributed by atoms with Crippen LogP contribution in [0.2, 0.25) is 0 Å². The Morgan fingerprint density at radius 1 is 1.28 bits per heavy atom. The van der Waals surface area contributed by atoms with E-state index in [1.165, 1.54) is 47.7 Å². The summed E-state index contributed by atoms with van der Waals surface area (Å²) >= 11 is 3.57. The van der Waals surface area contributed by atoms with Crippen molar-refractivity contribution in [2.75, 3.05) is 0 Å². The third kappa shape index (κ3) is 2.25.